The number of rotatable bonds is 3. The van der Waals surface area contributed by atoms with Gasteiger partial charge in [0.15, 0.2) is 0 Å². The van der Waals surface area contributed by atoms with Gasteiger partial charge >= 0.3 is 5.97 Å². The Hall–Kier alpha value is -1.32. The second-order valence-corrected chi connectivity index (χ2v) is 2.61. The van der Waals surface area contributed by atoms with E-state index in [0.717, 1.165) is 0 Å². The number of carboxylic acids is 1. The highest BCUT2D eigenvalue weighted by Gasteiger charge is 2.48. The summed E-state index contributed by atoms with van der Waals surface area (Å²) < 4.78 is 0. The number of hydrogen-bond acceptors (Lipinski definition) is 2. The van der Waals surface area contributed by atoms with Crippen molar-refractivity contribution in [2.24, 2.45) is 0 Å². The molecule has 1 saturated heterocycles. The van der Waals surface area contributed by atoms with Crippen molar-refractivity contribution in [1.29, 1.82) is 0 Å². The molecule has 4 heteroatoms. The van der Waals surface area contributed by atoms with E-state index in [1.54, 1.807) is 0 Å². The van der Waals surface area contributed by atoms with E-state index < -0.39 is 11.5 Å². The second kappa shape index (κ2) is 2.38. The topological polar surface area (TPSA) is 66.4 Å². The van der Waals surface area contributed by atoms with Crippen molar-refractivity contribution in [1.82, 2.24) is 5.32 Å². The van der Waals surface area contributed by atoms with E-state index in [0.29, 0.717) is 0 Å². The van der Waals surface area contributed by atoms with E-state index in [1.807, 2.05) is 0 Å². The first-order chi connectivity index (χ1) is 5.10. The zero-order valence-electron chi connectivity index (χ0n) is 5.96. The number of hydrogen-bond donors (Lipinski definition) is 2. The maximum absolute atomic E-state index is 10.6. The van der Waals surface area contributed by atoms with Gasteiger partial charge in [-0.2, -0.15) is 0 Å². The lowest BCUT2D eigenvalue weighted by atomic mass is 9.84. The first-order valence-electron chi connectivity index (χ1n) is 3.26. The summed E-state index contributed by atoms with van der Waals surface area (Å²) >= 11 is 0. The monoisotopic (exact) mass is 155 g/mol. The molecule has 0 bridgehead atoms. The third kappa shape index (κ3) is 1.11. The van der Waals surface area contributed by atoms with E-state index in [4.69, 9.17) is 5.11 Å². The lowest BCUT2D eigenvalue weighted by molar-refractivity contribution is -0.156. The smallest absolute Gasteiger partial charge is 0.330 e. The SMILES string of the molecule is C=CCC1(C(=O)O)CC(=O)N1. The van der Waals surface area contributed by atoms with Crippen molar-refractivity contribution >= 4 is 11.9 Å². The molecule has 0 aromatic rings. The van der Waals surface area contributed by atoms with Crippen LogP contribution in [0.3, 0.4) is 0 Å². The van der Waals surface area contributed by atoms with Gasteiger partial charge in [0.25, 0.3) is 0 Å². The molecule has 1 aliphatic heterocycles. The fraction of sp³-hybridized carbons (Fsp3) is 0.429. The molecular formula is C7H9NO3. The molecule has 1 amide bonds. The molecule has 0 aromatic carbocycles. The molecule has 1 aliphatic rings. The molecule has 1 rings (SSSR count). The van der Waals surface area contributed by atoms with Crippen molar-refractivity contribution in [3.05, 3.63) is 12.7 Å². The predicted molar refractivity (Wildman–Crippen MR) is 37.9 cm³/mol. The van der Waals surface area contributed by atoms with E-state index in [-0.39, 0.29) is 18.7 Å². The first-order valence-corrected chi connectivity index (χ1v) is 3.26. The van der Waals surface area contributed by atoms with Gasteiger partial charge in [-0.15, -0.1) is 6.58 Å². The Kier molecular flexibility index (Phi) is 1.68. The Balaban J connectivity index is 2.67. The molecule has 2 N–H and O–H groups in total. The third-order valence-electron chi connectivity index (χ3n) is 1.74. The number of β-lactam (4-membered cyclic amide) rings is 1. The molecule has 4 nitrogen and oxygen atoms in total. The van der Waals surface area contributed by atoms with Crippen molar-refractivity contribution in [2.75, 3.05) is 0 Å². The number of carboxylic acid groups (broad SMARTS) is 1. The fourth-order valence-corrected chi connectivity index (χ4v) is 1.11. The molecule has 1 unspecified atom stereocenters. The van der Waals surface area contributed by atoms with Crippen molar-refractivity contribution in [2.45, 2.75) is 18.4 Å². The highest BCUT2D eigenvalue weighted by Crippen LogP contribution is 2.24. The van der Waals surface area contributed by atoms with Crippen LogP contribution in [0, 0.1) is 0 Å². The Morgan fingerprint density at radius 2 is 2.45 bits per heavy atom. The largest absolute Gasteiger partial charge is 0.479 e. The molecule has 60 valence electrons. The van der Waals surface area contributed by atoms with Gasteiger partial charge in [0.2, 0.25) is 5.91 Å². The molecule has 0 radical (unpaired) electrons. The second-order valence-electron chi connectivity index (χ2n) is 2.61. The highest BCUT2D eigenvalue weighted by atomic mass is 16.4. The third-order valence-corrected chi connectivity index (χ3v) is 1.74. The van der Waals surface area contributed by atoms with Crippen LogP contribution in [0.4, 0.5) is 0 Å². The van der Waals surface area contributed by atoms with Crippen LogP contribution >= 0.6 is 0 Å². The van der Waals surface area contributed by atoms with Crippen LogP contribution in [0.15, 0.2) is 12.7 Å². The van der Waals surface area contributed by atoms with Gasteiger partial charge in [0.1, 0.15) is 5.54 Å². The van der Waals surface area contributed by atoms with Crippen LogP contribution < -0.4 is 5.32 Å². The summed E-state index contributed by atoms with van der Waals surface area (Å²) in [5.74, 6) is -1.20. The van der Waals surface area contributed by atoms with Crippen LogP contribution in [0.5, 0.6) is 0 Å². The van der Waals surface area contributed by atoms with Crippen LogP contribution in [-0.2, 0) is 9.59 Å². The van der Waals surface area contributed by atoms with Crippen molar-refractivity contribution in [3.63, 3.8) is 0 Å². The van der Waals surface area contributed by atoms with Gasteiger partial charge < -0.3 is 10.4 Å². The minimum absolute atomic E-state index is 0.0638. The molecule has 1 fully saturated rings. The van der Waals surface area contributed by atoms with Crippen molar-refractivity contribution < 1.29 is 14.7 Å². The van der Waals surface area contributed by atoms with Crippen molar-refractivity contribution in [3.8, 4) is 0 Å². The average Bonchev–Trinajstić information content (AvgIpc) is 1.84. The van der Waals surface area contributed by atoms with E-state index in [9.17, 15) is 9.59 Å². The highest BCUT2D eigenvalue weighted by molar-refractivity contribution is 5.98. The summed E-state index contributed by atoms with van der Waals surface area (Å²) in [6.45, 7) is 3.42. The normalized spacial score (nSPS) is 28.5. The Bertz CT molecular complexity index is 208. The number of amides is 1. The standard InChI is InChI=1S/C7H9NO3/c1-2-3-7(6(10)11)4-5(9)8-7/h2H,1,3-4H2,(H,8,9)(H,10,11). The average molecular weight is 155 g/mol. The zero-order chi connectivity index (χ0) is 8.48. The lowest BCUT2D eigenvalue weighted by Crippen LogP contribution is -2.65. The van der Waals surface area contributed by atoms with Gasteiger partial charge in [-0.25, -0.2) is 4.79 Å². The molecule has 0 spiro atoms. The molecule has 0 saturated carbocycles. The summed E-state index contributed by atoms with van der Waals surface area (Å²) in [7, 11) is 0. The van der Waals surface area contributed by atoms with Gasteiger partial charge in [-0.1, -0.05) is 6.08 Å². The number of aliphatic carboxylic acids is 1. The van der Waals surface area contributed by atoms with Crippen LogP contribution in [0.25, 0.3) is 0 Å². The van der Waals surface area contributed by atoms with Crippen LogP contribution in [0.1, 0.15) is 12.8 Å². The van der Waals surface area contributed by atoms with E-state index in [1.165, 1.54) is 6.08 Å². The lowest BCUT2D eigenvalue weighted by Gasteiger charge is -2.37. The number of nitrogens with one attached hydrogen (secondary N) is 1. The molecule has 11 heavy (non-hydrogen) atoms. The first kappa shape index (κ1) is 7.78. The minimum Gasteiger partial charge on any atom is -0.479 e. The molecule has 1 heterocycles. The zero-order valence-corrected chi connectivity index (χ0v) is 5.96. The van der Waals surface area contributed by atoms with Gasteiger partial charge in [0.05, 0.1) is 6.42 Å². The summed E-state index contributed by atoms with van der Waals surface area (Å²) in [5.41, 5.74) is -1.06. The Morgan fingerprint density at radius 3 is 2.73 bits per heavy atom. The summed E-state index contributed by atoms with van der Waals surface area (Å²) in [5, 5.41) is 11.0. The Labute approximate surface area is 63.9 Å². The number of carbonyl (C=O) groups excluding carboxylic acids is 1. The summed E-state index contributed by atoms with van der Waals surface area (Å²) in [6.07, 6.45) is 1.84. The molecule has 0 aromatic heterocycles. The maximum atomic E-state index is 10.6. The summed E-state index contributed by atoms with van der Waals surface area (Å²) in [4.78, 5) is 21.1. The van der Waals surface area contributed by atoms with Gasteiger partial charge in [-0.3, -0.25) is 4.79 Å². The quantitative estimate of drug-likeness (QED) is 0.442. The molecule has 1 atom stereocenters. The minimum atomic E-state index is -1.06. The van der Waals surface area contributed by atoms with Crippen LogP contribution in [-0.4, -0.2) is 22.5 Å². The van der Waals surface area contributed by atoms with E-state index in [2.05, 4.69) is 11.9 Å². The summed E-state index contributed by atoms with van der Waals surface area (Å²) in [6, 6.07) is 0. The fourth-order valence-electron chi connectivity index (χ4n) is 1.11. The molecule has 0 aliphatic carbocycles. The predicted octanol–water partition coefficient (Wildman–Crippen LogP) is -0.0942. The van der Waals surface area contributed by atoms with Gasteiger partial charge in [0, 0.05) is 0 Å². The Morgan fingerprint density at radius 1 is 1.91 bits per heavy atom. The van der Waals surface area contributed by atoms with Crippen LogP contribution in [0.2, 0.25) is 0 Å². The maximum Gasteiger partial charge on any atom is 0.330 e. The molecular weight excluding hydrogens is 146 g/mol. The number of carbonyl (C=O) groups is 2. The van der Waals surface area contributed by atoms with E-state index >= 15 is 0 Å². The van der Waals surface area contributed by atoms with Gasteiger partial charge in [-0.05, 0) is 6.42 Å².